The van der Waals surface area contributed by atoms with Gasteiger partial charge in [0.2, 0.25) is 0 Å². The van der Waals surface area contributed by atoms with Crippen molar-refractivity contribution in [3.63, 3.8) is 0 Å². The third kappa shape index (κ3) is 15.3. The first-order valence-electron chi connectivity index (χ1n) is 27.0. The van der Waals surface area contributed by atoms with Crippen LogP contribution in [0.4, 0.5) is 0 Å². The van der Waals surface area contributed by atoms with Gasteiger partial charge in [-0.25, -0.2) is 0 Å². The van der Waals surface area contributed by atoms with E-state index in [1.54, 1.807) is 0 Å². The number of hydrogen-bond acceptors (Lipinski definition) is 6. The van der Waals surface area contributed by atoms with E-state index < -0.39 is 0 Å². The standard InChI is InChI=1S/C30H60N3O3.C27H48N3O3/c1-22(2)28(19-34)31(7,8)16-25-13-26(17-32(9,10)29(20-35)23(3)4)15-27(14-25)18-33(11,12)30(21-36)24(5)6;1-28(10-4-7-25(28)19-31)16-22-13-23(17-29(2)11-5-8-26(29)20-32)15-24(14-22)18-30(3)12-6-9-27(30)21-33/h13-15,22-24,28-30,34-36H,16-21H2,1-12H3;13-15,25-27,31-33H,4-12,16-21H2,1-3H3/q2*+3/t28-,29-,30-;25-,26-,27-,28?,29?,30?/m10/s1. The molecular formula is C57H108N6O6+6. The highest BCUT2D eigenvalue weighted by Crippen LogP contribution is 2.34. The van der Waals surface area contributed by atoms with Gasteiger partial charge in [-0.15, -0.1) is 0 Å². The van der Waals surface area contributed by atoms with Crippen molar-refractivity contribution >= 4 is 0 Å². The van der Waals surface area contributed by atoms with Crippen LogP contribution >= 0.6 is 0 Å². The SMILES string of the molecule is CC(C)[C@@H](CO)[N+](C)(C)Cc1cc(C[N+](C)(C)[C@H](CO)C(C)C)cc(C[N+](C)(C)[C@H](CO)C(C)C)c1.C[N+]1(Cc2cc(C[N+]3(C)CCC[C@H]3CO)cc(C[N+]3(C)CCC[C@H]3CO)c2)CCC[C@H]1CO. The molecule has 0 saturated carbocycles. The van der Waals surface area contributed by atoms with Crippen LogP contribution in [0.1, 0.15) is 113 Å². The topological polar surface area (TPSA) is 121 Å². The van der Waals surface area contributed by atoms with E-state index in [9.17, 15) is 30.6 Å². The van der Waals surface area contributed by atoms with Gasteiger partial charge in [-0.3, -0.25) is 0 Å². The van der Waals surface area contributed by atoms with E-state index in [0.29, 0.717) is 35.9 Å². The van der Waals surface area contributed by atoms with Crippen LogP contribution in [0.25, 0.3) is 0 Å². The molecule has 0 aliphatic carbocycles. The lowest BCUT2D eigenvalue weighted by molar-refractivity contribution is -0.935. The number of benzene rings is 2. The van der Waals surface area contributed by atoms with Crippen LogP contribution in [-0.2, 0) is 39.3 Å². The van der Waals surface area contributed by atoms with Crippen LogP contribution in [0.3, 0.4) is 0 Å². The number of likely N-dealkylation sites (N-methyl/N-ethyl adjacent to an activating group) is 6. The summed E-state index contributed by atoms with van der Waals surface area (Å²) in [6.07, 6.45) is 6.90. The fourth-order valence-corrected chi connectivity index (χ4v) is 14.0. The summed E-state index contributed by atoms with van der Waals surface area (Å²) < 4.78 is 4.96. The average molecular weight is 974 g/mol. The lowest BCUT2D eigenvalue weighted by atomic mass is 9.96. The highest BCUT2D eigenvalue weighted by Gasteiger charge is 2.42. The molecule has 3 heterocycles. The van der Waals surface area contributed by atoms with Gasteiger partial charge in [0.1, 0.15) is 75.5 Å². The molecule has 3 unspecified atom stereocenters. The Labute approximate surface area is 421 Å². The van der Waals surface area contributed by atoms with Crippen molar-refractivity contribution in [2.45, 2.75) is 156 Å². The molecule has 9 atom stereocenters. The van der Waals surface area contributed by atoms with E-state index in [1.807, 2.05) is 0 Å². The molecule has 3 fully saturated rings. The van der Waals surface area contributed by atoms with Gasteiger partial charge in [0.15, 0.2) is 0 Å². The van der Waals surface area contributed by atoms with Crippen LogP contribution in [0.2, 0.25) is 0 Å². The summed E-state index contributed by atoms with van der Waals surface area (Å²) in [7, 11) is 20.2. The summed E-state index contributed by atoms with van der Waals surface area (Å²) in [5.41, 5.74) is 7.97. The molecule has 0 spiro atoms. The smallest absolute Gasteiger partial charge is 0.115 e. The summed E-state index contributed by atoms with van der Waals surface area (Å²) in [5, 5.41) is 60.4. The Bertz CT molecular complexity index is 1660. The first kappa shape index (κ1) is 59.5. The Balaban J connectivity index is 0.000000301. The zero-order valence-corrected chi connectivity index (χ0v) is 46.9. The normalized spacial score (nSPS) is 27.0. The van der Waals surface area contributed by atoms with Crippen molar-refractivity contribution < 1.29 is 57.5 Å². The first-order chi connectivity index (χ1) is 32.1. The Kier molecular flexibility index (Phi) is 21.4. The minimum absolute atomic E-state index is 0.163. The average Bonchev–Trinajstić information content (AvgIpc) is 3.91. The maximum absolute atomic E-state index is 10.1. The van der Waals surface area contributed by atoms with Crippen molar-refractivity contribution in [3.05, 3.63) is 69.8 Å². The van der Waals surface area contributed by atoms with Gasteiger partial charge < -0.3 is 57.5 Å². The second-order valence-electron chi connectivity index (χ2n) is 26.1. The van der Waals surface area contributed by atoms with Crippen LogP contribution in [0.5, 0.6) is 0 Å². The van der Waals surface area contributed by atoms with Crippen molar-refractivity contribution in [1.29, 1.82) is 0 Å². The number of aliphatic hydroxyl groups excluding tert-OH is 6. The van der Waals surface area contributed by atoms with E-state index in [0.717, 1.165) is 105 Å². The molecule has 69 heavy (non-hydrogen) atoms. The Morgan fingerprint density at radius 3 is 0.812 bits per heavy atom. The molecule has 3 saturated heterocycles. The monoisotopic (exact) mass is 973 g/mol. The van der Waals surface area contributed by atoms with Gasteiger partial charge in [0.25, 0.3) is 0 Å². The summed E-state index contributed by atoms with van der Waals surface area (Å²) in [6.45, 7) is 23.2. The molecule has 3 aliphatic rings. The van der Waals surface area contributed by atoms with Crippen molar-refractivity contribution in [3.8, 4) is 0 Å². The number of quaternary nitrogens is 6. The molecule has 396 valence electrons. The zero-order valence-electron chi connectivity index (χ0n) is 46.9. The Morgan fingerprint density at radius 2 is 0.623 bits per heavy atom. The van der Waals surface area contributed by atoms with E-state index >= 15 is 0 Å². The number of nitrogens with zero attached hydrogens (tertiary/aromatic N) is 6. The molecular weight excluding hydrogens is 865 g/mol. The number of likely N-dealkylation sites (tertiary alicyclic amines) is 3. The molecule has 12 heteroatoms. The second kappa shape index (κ2) is 24.8. The van der Waals surface area contributed by atoms with E-state index in [-0.39, 0.29) is 57.8 Å². The van der Waals surface area contributed by atoms with Gasteiger partial charge in [0, 0.05) is 89.7 Å². The van der Waals surface area contributed by atoms with Gasteiger partial charge in [-0.2, -0.15) is 0 Å². The fraction of sp³-hybridized carbons (Fsp3) is 0.789. The molecule has 12 nitrogen and oxygen atoms in total. The van der Waals surface area contributed by atoms with Crippen LogP contribution in [0.15, 0.2) is 36.4 Å². The Hall–Kier alpha value is -2.04. The molecule has 6 N–H and O–H groups in total. The Morgan fingerprint density at radius 1 is 0.406 bits per heavy atom. The predicted octanol–water partition coefficient (Wildman–Crippen LogP) is 5.46. The maximum atomic E-state index is 10.1. The predicted molar refractivity (Wildman–Crippen MR) is 282 cm³/mol. The lowest BCUT2D eigenvalue weighted by Gasteiger charge is -2.41. The molecule has 2 aromatic carbocycles. The molecule has 3 aliphatic heterocycles. The highest BCUT2D eigenvalue weighted by atomic mass is 16.3. The van der Waals surface area contributed by atoms with Crippen molar-refractivity contribution in [2.24, 2.45) is 17.8 Å². The molecule has 0 aromatic heterocycles. The quantitative estimate of drug-likeness (QED) is 0.0779. The van der Waals surface area contributed by atoms with Gasteiger partial charge in [0.05, 0.1) is 123 Å². The maximum Gasteiger partial charge on any atom is 0.115 e. The lowest BCUT2D eigenvalue weighted by Crippen LogP contribution is -2.53. The fourth-order valence-electron chi connectivity index (χ4n) is 14.0. The molecule has 0 amide bonds. The van der Waals surface area contributed by atoms with Gasteiger partial charge in [-0.1, -0.05) is 41.5 Å². The molecule has 2 aromatic rings. The third-order valence-electron chi connectivity index (χ3n) is 18.1. The van der Waals surface area contributed by atoms with Crippen molar-refractivity contribution in [2.75, 3.05) is 123 Å². The van der Waals surface area contributed by atoms with Crippen molar-refractivity contribution in [1.82, 2.24) is 0 Å². The number of hydrogen-bond donors (Lipinski definition) is 6. The van der Waals surface area contributed by atoms with Gasteiger partial charge >= 0.3 is 0 Å². The largest absolute Gasteiger partial charge is 0.390 e. The van der Waals surface area contributed by atoms with Crippen LogP contribution in [0, 0.1) is 17.8 Å². The van der Waals surface area contributed by atoms with E-state index in [2.05, 4.69) is 141 Å². The summed E-state index contributed by atoms with van der Waals surface area (Å²) in [6, 6.07) is 15.7. The zero-order chi connectivity index (χ0) is 51.8. The van der Waals surface area contributed by atoms with Crippen LogP contribution in [-0.4, -0.2) is 216 Å². The van der Waals surface area contributed by atoms with Crippen LogP contribution < -0.4 is 0 Å². The molecule has 5 rings (SSSR count). The summed E-state index contributed by atoms with van der Waals surface area (Å²) in [5.74, 6) is 1.14. The molecule has 0 bridgehead atoms. The van der Waals surface area contributed by atoms with Gasteiger partial charge in [-0.05, 0) is 36.4 Å². The minimum Gasteiger partial charge on any atom is -0.390 e. The van der Waals surface area contributed by atoms with E-state index in [4.69, 9.17) is 0 Å². The number of rotatable bonds is 24. The minimum atomic E-state index is 0.163. The molecule has 0 radical (unpaired) electrons. The second-order valence-corrected chi connectivity index (χ2v) is 26.1. The third-order valence-corrected chi connectivity index (χ3v) is 18.1. The first-order valence-corrected chi connectivity index (χ1v) is 27.0. The highest BCUT2D eigenvalue weighted by molar-refractivity contribution is 5.30. The number of aliphatic hydroxyl groups is 6. The summed E-state index contributed by atoms with van der Waals surface area (Å²) >= 11 is 0. The summed E-state index contributed by atoms with van der Waals surface area (Å²) in [4.78, 5) is 0. The van der Waals surface area contributed by atoms with E-state index in [1.165, 1.54) is 52.6 Å².